The lowest BCUT2D eigenvalue weighted by molar-refractivity contribution is -0.0232. The zero-order chi connectivity index (χ0) is 17.2. The molecule has 0 saturated carbocycles. The van der Waals surface area contributed by atoms with Crippen molar-refractivity contribution < 1.29 is 15.3 Å². The van der Waals surface area contributed by atoms with E-state index in [0.717, 1.165) is 37.1 Å². The van der Waals surface area contributed by atoms with Crippen molar-refractivity contribution in [3.8, 4) is 5.75 Å². The third-order valence-electron chi connectivity index (χ3n) is 5.43. The average Bonchev–Trinajstić information content (AvgIpc) is 2.62. The van der Waals surface area contributed by atoms with E-state index < -0.39 is 11.7 Å². The molecule has 24 heavy (non-hydrogen) atoms. The van der Waals surface area contributed by atoms with E-state index in [1.54, 1.807) is 24.3 Å². The predicted molar refractivity (Wildman–Crippen MR) is 94.7 cm³/mol. The van der Waals surface area contributed by atoms with Crippen LogP contribution >= 0.6 is 0 Å². The Hall–Kier alpha value is -1.62. The van der Waals surface area contributed by atoms with Crippen LogP contribution in [0.5, 0.6) is 5.75 Å². The number of benzene rings is 1. The molecular formula is C20H27NO3. The molecule has 0 aromatic heterocycles. The third kappa shape index (κ3) is 3.56. The van der Waals surface area contributed by atoms with E-state index in [4.69, 9.17) is 0 Å². The van der Waals surface area contributed by atoms with Gasteiger partial charge in [-0.3, -0.25) is 4.90 Å². The first kappa shape index (κ1) is 17.2. The SMILES string of the molecule is C[C@@H]([C@@H](O)c1ccc(O)cc1)N1CCC(O)(C2=CCCC=C2)CC1. The predicted octanol–water partition coefficient (Wildman–Crippen LogP) is 2.92. The number of allylic oxidation sites excluding steroid dienone is 2. The molecule has 0 unspecified atom stereocenters. The Morgan fingerprint density at radius 1 is 1.08 bits per heavy atom. The molecule has 1 aliphatic heterocycles. The Kier molecular flexibility index (Phi) is 5.09. The quantitative estimate of drug-likeness (QED) is 0.795. The lowest BCUT2D eigenvalue weighted by atomic mass is 9.81. The summed E-state index contributed by atoms with van der Waals surface area (Å²) in [5.41, 5.74) is 1.13. The Labute approximate surface area is 143 Å². The van der Waals surface area contributed by atoms with E-state index in [1.165, 1.54) is 0 Å². The molecule has 1 saturated heterocycles. The summed E-state index contributed by atoms with van der Waals surface area (Å²) in [4.78, 5) is 2.24. The van der Waals surface area contributed by atoms with E-state index >= 15 is 0 Å². The highest BCUT2D eigenvalue weighted by Crippen LogP contribution is 2.34. The van der Waals surface area contributed by atoms with Gasteiger partial charge in [-0.2, -0.15) is 0 Å². The first-order chi connectivity index (χ1) is 11.5. The maximum absolute atomic E-state index is 10.9. The highest BCUT2D eigenvalue weighted by Gasteiger charge is 2.37. The maximum Gasteiger partial charge on any atom is 0.115 e. The van der Waals surface area contributed by atoms with Crippen LogP contribution in [0.15, 0.2) is 48.1 Å². The fourth-order valence-electron chi connectivity index (χ4n) is 3.70. The van der Waals surface area contributed by atoms with Gasteiger partial charge in [0.25, 0.3) is 0 Å². The molecule has 1 aromatic rings. The molecule has 1 fully saturated rings. The fraction of sp³-hybridized carbons (Fsp3) is 0.500. The van der Waals surface area contributed by atoms with Gasteiger partial charge in [-0.25, -0.2) is 0 Å². The largest absolute Gasteiger partial charge is 0.508 e. The molecule has 4 nitrogen and oxygen atoms in total. The number of hydrogen-bond acceptors (Lipinski definition) is 4. The molecule has 0 spiro atoms. The summed E-state index contributed by atoms with van der Waals surface area (Å²) in [5, 5.41) is 30.9. The number of aromatic hydroxyl groups is 1. The molecule has 2 aliphatic rings. The van der Waals surface area contributed by atoms with E-state index in [0.29, 0.717) is 12.8 Å². The van der Waals surface area contributed by atoms with Crippen molar-refractivity contribution in [2.24, 2.45) is 0 Å². The molecule has 130 valence electrons. The van der Waals surface area contributed by atoms with Crippen molar-refractivity contribution in [2.75, 3.05) is 13.1 Å². The van der Waals surface area contributed by atoms with Gasteiger partial charge < -0.3 is 15.3 Å². The van der Waals surface area contributed by atoms with Crippen molar-refractivity contribution in [1.29, 1.82) is 0 Å². The Balaban J connectivity index is 1.62. The molecule has 0 bridgehead atoms. The van der Waals surface area contributed by atoms with Crippen LogP contribution in [0.2, 0.25) is 0 Å². The van der Waals surface area contributed by atoms with Crippen LogP contribution in [0.1, 0.15) is 44.3 Å². The maximum atomic E-state index is 10.9. The van der Waals surface area contributed by atoms with Crippen LogP contribution in [0.4, 0.5) is 0 Å². The number of phenolic OH excluding ortho intramolecular Hbond substituents is 1. The van der Waals surface area contributed by atoms with Gasteiger partial charge in [0, 0.05) is 19.1 Å². The molecule has 1 aliphatic carbocycles. The monoisotopic (exact) mass is 329 g/mol. The molecule has 3 rings (SSSR count). The van der Waals surface area contributed by atoms with Crippen molar-refractivity contribution in [3.63, 3.8) is 0 Å². The van der Waals surface area contributed by atoms with Crippen LogP contribution < -0.4 is 0 Å². The second-order valence-electron chi connectivity index (χ2n) is 6.98. The molecule has 3 N–H and O–H groups in total. The summed E-state index contributed by atoms with van der Waals surface area (Å²) in [7, 11) is 0. The minimum Gasteiger partial charge on any atom is -0.508 e. The molecule has 4 heteroatoms. The van der Waals surface area contributed by atoms with Crippen molar-refractivity contribution in [1.82, 2.24) is 4.90 Å². The molecule has 0 amide bonds. The summed E-state index contributed by atoms with van der Waals surface area (Å²) in [6.45, 7) is 3.54. The number of piperidine rings is 1. The summed E-state index contributed by atoms with van der Waals surface area (Å²) >= 11 is 0. The van der Waals surface area contributed by atoms with E-state index in [2.05, 4.69) is 23.1 Å². The van der Waals surface area contributed by atoms with Gasteiger partial charge in [-0.05, 0) is 55.9 Å². The van der Waals surface area contributed by atoms with Gasteiger partial charge in [0.15, 0.2) is 0 Å². The molecule has 1 heterocycles. The number of aliphatic hydroxyl groups is 2. The van der Waals surface area contributed by atoms with Crippen LogP contribution in [0.3, 0.4) is 0 Å². The highest BCUT2D eigenvalue weighted by atomic mass is 16.3. The minimum absolute atomic E-state index is 0.0324. The smallest absolute Gasteiger partial charge is 0.115 e. The van der Waals surface area contributed by atoms with Gasteiger partial charge >= 0.3 is 0 Å². The number of rotatable bonds is 4. The zero-order valence-corrected chi connectivity index (χ0v) is 14.2. The zero-order valence-electron chi connectivity index (χ0n) is 14.2. The van der Waals surface area contributed by atoms with Crippen LogP contribution in [-0.4, -0.2) is 45.0 Å². The number of hydrogen-bond donors (Lipinski definition) is 3. The lowest BCUT2D eigenvalue weighted by Crippen LogP contribution is -2.49. The van der Waals surface area contributed by atoms with Crippen molar-refractivity contribution in [3.05, 3.63) is 53.6 Å². The third-order valence-corrected chi connectivity index (χ3v) is 5.43. The normalized spacial score (nSPS) is 23.5. The molecule has 2 atom stereocenters. The second kappa shape index (κ2) is 7.09. The van der Waals surface area contributed by atoms with Crippen LogP contribution in [0.25, 0.3) is 0 Å². The average molecular weight is 329 g/mol. The highest BCUT2D eigenvalue weighted by molar-refractivity contribution is 5.32. The van der Waals surface area contributed by atoms with Gasteiger partial charge in [0.2, 0.25) is 0 Å². The first-order valence-corrected chi connectivity index (χ1v) is 8.80. The second-order valence-corrected chi connectivity index (χ2v) is 6.98. The van der Waals surface area contributed by atoms with E-state index in [9.17, 15) is 15.3 Å². The summed E-state index contributed by atoms with van der Waals surface area (Å²) in [6.07, 6.45) is 9.20. The van der Waals surface area contributed by atoms with Gasteiger partial charge in [-0.1, -0.05) is 30.4 Å². The van der Waals surface area contributed by atoms with Crippen molar-refractivity contribution in [2.45, 2.75) is 50.4 Å². The van der Waals surface area contributed by atoms with E-state index in [1.807, 2.05) is 6.92 Å². The van der Waals surface area contributed by atoms with Crippen LogP contribution in [0, 0.1) is 0 Å². The number of phenols is 1. The fourth-order valence-corrected chi connectivity index (χ4v) is 3.70. The summed E-state index contributed by atoms with van der Waals surface area (Å²) in [6, 6.07) is 6.68. The topological polar surface area (TPSA) is 63.9 Å². The minimum atomic E-state index is -0.726. The van der Waals surface area contributed by atoms with E-state index in [-0.39, 0.29) is 11.8 Å². The van der Waals surface area contributed by atoms with Gasteiger partial charge in [-0.15, -0.1) is 0 Å². The summed E-state index contributed by atoms with van der Waals surface area (Å²) < 4.78 is 0. The molecule has 1 aromatic carbocycles. The Bertz CT molecular complexity index is 612. The number of likely N-dealkylation sites (tertiary alicyclic amines) is 1. The van der Waals surface area contributed by atoms with Crippen LogP contribution in [-0.2, 0) is 0 Å². The summed E-state index contributed by atoms with van der Waals surface area (Å²) in [5.74, 6) is 0.204. The Morgan fingerprint density at radius 3 is 2.33 bits per heavy atom. The van der Waals surface area contributed by atoms with Gasteiger partial charge in [0.1, 0.15) is 5.75 Å². The Morgan fingerprint density at radius 2 is 1.75 bits per heavy atom. The first-order valence-electron chi connectivity index (χ1n) is 8.80. The van der Waals surface area contributed by atoms with Gasteiger partial charge in [0.05, 0.1) is 11.7 Å². The van der Waals surface area contributed by atoms with Crippen molar-refractivity contribution >= 4 is 0 Å². The standard InChI is InChI=1S/C20H27NO3/c1-15(19(23)16-7-9-18(22)10-8-16)21-13-11-20(24,12-14-21)17-5-3-2-4-6-17/h3,5-10,15,19,22-24H,2,4,11-14H2,1H3/t15-,19+/m0/s1. The number of aliphatic hydroxyl groups excluding tert-OH is 1. The molecule has 0 radical (unpaired) electrons. The number of nitrogens with zero attached hydrogens (tertiary/aromatic N) is 1. The molecular weight excluding hydrogens is 302 g/mol. The lowest BCUT2D eigenvalue weighted by Gasteiger charge is -2.43.